The van der Waals surface area contributed by atoms with E-state index in [1.165, 1.54) is 11.1 Å². The van der Waals surface area contributed by atoms with Crippen molar-refractivity contribution < 1.29 is 4.79 Å². The quantitative estimate of drug-likeness (QED) is 0.862. The first-order valence-electron chi connectivity index (χ1n) is 6.79. The lowest BCUT2D eigenvalue weighted by Crippen LogP contribution is -2.54. The maximum atomic E-state index is 12.2. The van der Waals surface area contributed by atoms with E-state index in [0.29, 0.717) is 13.0 Å². The van der Waals surface area contributed by atoms with Crippen molar-refractivity contribution in [3.63, 3.8) is 0 Å². The molecule has 0 bridgehead atoms. The predicted octanol–water partition coefficient (Wildman–Crippen LogP) is 1.42. The van der Waals surface area contributed by atoms with E-state index in [4.69, 9.17) is 5.73 Å². The van der Waals surface area contributed by atoms with Crippen molar-refractivity contribution in [2.45, 2.75) is 38.8 Å². The zero-order valence-electron chi connectivity index (χ0n) is 12.0. The standard InChI is InChI=1S/C15H23N3O/c1-15(2,10-16)18-13-6-4-11(9-17-3)8-12(13)5-7-14(18)19/h4,6,8,17H,5,7,9-10,16H2,1-3H3. The monoisotopic (exact) mass is 261 g/mol. The molecule has 1 aliphatic heterocycles. The van der Waals surface area contributed by atoms with E-state index in [1.807, 2.05) is 25.8 Å². The Kier molecular flexibility index (Phi) is 3.92. The summed E-state index contributed by atoms with van der Waals surface area (Å²) in [5, 5.41) is 3.15. The lowest BCUT2D eigenvalue weighted by molar-refractivity contribution is -0.119. The third-order valence-corrected chi connectivity index (χ3v) is 3.73. The summed E-state index contributed by atoms with van der Waals surface area (Å²) in [6.07, 6.45) is 1.39. The molecule has 1 amide bonds. The molecule has 0 radical (unpaired) electrons. The molecule has 0 spiro atoms. The minimum atomic E-state index is -0.337. The van der Waals surface area contributed by atoms with Crippen LogP contribution in [0.15, 0.2) is 18.2 Å². The van der Waals surface area contributed by atoms with Crippen molar-refractivity contribution in [3.05, 3.63) is 29.3 Å². The summed E-state index contributed by atoms with van der Waals surface area (Å²) in [6.45, 7) is 5.33. The predicted molar refractivity (Wildman–Crippen MR) is 78.1 cm³/mol. The minimum absolute atomic E-state index is 0.171. The topological polar surface area (TPSA) is 58.4 Å². The van der Waals surface area contributed by atoms with Crippen molar-refractivity contribution in [1.82, 2.24) is 5.32 Å². The third-order valence-electron chi connectivity index (χ3n) is 3.73. The van der Waals surface area contributed by atoms with Crippen LogP contribution in [0, 0.1) is 0 Å². The highest BCUT2D eigenvalue weighted by atomic mass is 16.2. The average Bonchev–Trinajstić information content (AvgIpc) is 2.39. The molecule has 0 aromatic heterocycles. The number of benzene rings is 1. The Labute approximate surface area is 115 Å². The van der Waals surface area contributed by atoms with Crippen molar-refractivity contribution >= 4 is 11.6 Å². The van der Waals surface area contributed by atoms with Crippen LogP contribution in [0.4, 0.5) is 5.69 Å². The number of carbonyl (C=O) groups excluding carboxylic acids is 1. The summed E-state index contributed by atoms with van der Waals surface area (Å²) >= 11 is 0. The largest absolute Gasteiger partial charge is 0.328 e. The van der Waals surface area contributed by atoms with Gasteiger partial charge in [0.15, 0.2) is 0 Å². The summed E-state index contributed by atoms with van der Waals surface area (Å²) in [5.74, 6) is 0.171. The van der Waals surface area contributed by atoms with Crippen LogP contribution in [0.2, 0.25) is 0 Å². The first-order chi connectivity index (χ1) is 8.99. The second-order valence-electron chi connectivity index (χ2n) is 5.74. The fourth-order valence-electron chi connectivity index (χ4n) is 2.61. The molecule has 0 saturated heterocycles. The van der Waals surface area contributed by atoms with Gasteiger partial charge in [-0.1, -0.05) is 12.1 Å². The van der Waals surface area contributed by atoms with E-state index in [-0.39, 0.29) is 11.4 Å². The summed E-state index contributed by atoms with van der Waals surface area (Å²) < 4.78 is 0. The van der Waals surface area contributed by atoms with E-state index in [2.05, 4.69) is 23.5 Å². The van der Waals surface area contributed by atoms with Gasteiger partial charge in [0.05, 0.1) is 5.54 Å². The molecule has 0 fully saturated rings. The normalized spacial score (nSPS) is 15.6. The van der Waals surface area contributed by atoms with Gasteiger partial charge in [-0.2, -0.15) is 0 Å². The molecule has 0 atom stereocenters. The lowest BCUT2D eigenvalue weighted by Gasteiger charge is -2.41. The molecule has 104 valence electrons. The molecular formula is C15H23N3O. The van der Waals surface area contributed by atoms with Crippen molar-refractivity contribution in [3.8, 4) is 0 Å². The van der Waals surface area contributed by atoms with Gasteiger partial charge in [0.1, 0.15) is 0 Å². The molecule has 19 heavy (non-hydrogen) atoms. The molecule has 0 aliphatic carbocycles. The van der Waals surface area contributed by atoms with Gasteiger partial charge in [-0.15, -0.1) is 0 Å². The Hall–Kier alpha value is -1.39. The average molecular weight is 261 g/mol. The maximum Gasteiger partial charge on any atom is 0.227 e. The Morgan fingerprint density at radius 1 is 1.37 bits per heavy atom. The molecule has 0 unspecified atom stereocenters. The number of fused-ring (bicyclic) bond motifs is 1. The first-order valence-corrected chi connectivity index (χ1v) is 6.79. The number of aryl methyl sites for hydroxylation is 1. The second kappa shape index (κ2) is 5.31. The van der Waals surface area contributed by atoms with Crippen LogP contribution in [0.5, 0.6) is 0 Å². The van der Waals surface area contributed by atoms with Gasteiger partial charge < -0.3 is 16.0 Å². The van der Waals surface area contributed by atoms with Gasteiger partial charge in [0.2, 0.25) is 5.91 Å². The SMILES string of the molecule is CNCc1ccc2c(c1)CCC(=O)N2C(C)(C)CN. The van der Waals surface area contributed by atoms with E-state index in [9.17, 15) is 4.79 Å². The molecule has 1 aromatic rings. The van der Waals surface area contributed by atoms with Gasteiger partial charge >= 0.3 is 0 Å². The molecule has 1 aliphatic rings. The third kappa shape index (κ3) is 2.65. The highest BCUT2D eigenvalue weighted by Gasteiger charge is 2.34. The van der Waals surface area contributed by atoms with Crippen molar-refractivity contribution in [2.24, 2.45) is 5.73 Å². The molecule has 1 aromatic carbocycles. The van der Waals surface area contributed by atoms with Crippen LogP contribution in [-0.2, 0) is 17.8 Å². The highest BCUT2D eigenvalue weighted by molar-refractivity contribution is 5.97. The Balaban J connectivity index is 2.42. The summed E-state index contributed by atoms with van der Waals surface area (Å²) in [4.78, 5) is 14.1. The number of nitrogens with zero attached hydrogens (tertiary/aromatic N) is 1. The smallest absolute Gasteiger partial charge is 0.227 e. The van der Waals surface area contributed by atoms with Gasteiger partial charge in [-0.3, -0.25) is 4.79 Å². The van der Waals surface area contributed by atoms with E-state index >= 15 is 0 Å². The van der Waals surface area contributed by atoms with Crippen molar-refractivity contribution in [2.75, 3.05) is 18.5 Å². The van der Waals surface area contributed by atoms with Crippen LogP contribution >= 0.6 is 0 Å². The summed E-state index contributed by atoms with van der Waals surface area (Å²) in [5.41, 5.74) is 9.01. The number of nitrogens with one attached hydrogen (secondary N) is 1. The van der Waals surface area contributed by atoms with Crippen molar-refractivity contribution in [1.29, 1.82) is 0 Å². The summed E-state index contributed by atoms with van der Waals surface area (Å²) in [6, 6.07) is 6.32. The zero-order chi connectivity index (χ0) is 14.0. The fourth-order valence-corrected chi connectivity index (χ4v) is 2.61. The van der Waals surface area contributed by atoms with Gasteiger partial charge in [-0.05, 0) is 44.5 Å². The minimum Gasteiger partial charge on any atom is -0.328 e. The zero-order valence-corrected chi connectivity index (χ0v) is 12.0. The number of nitrogens with two attached hydrogens (primary N) is 1. The number of amides is 1. The molecule has 2 rings (SSSR count). The van der Waals surface area contributed by atoms with Gasteiger partial charge in [0.25, 0.3) is 0 Å². The molecule has 1 heterocycles. The molecule has 0 saturated carbocycles. The van der Waals surface area contributed by atoms with Crippen LogP contribution < -0.4 is 16.0 Å². The fraction of sp³-hybridized carbons (Fsp3) is 0.533. The number of anilines is 1. The Morgan fingerprint density at radius 2 is 2.11 bits per heavy atom. The first kappa shape index (κ1) is 14.0. The number of rotatable bonds is 4. The second-order valence-corrected chi connectivity index (χ2v) is 5.74. The van der Waals surface area contributed by atoms with Crippen LogP contribution in [0.25, 0.3) is 0 Å². The number of hydrogen-bond acceptors (Lipinski definition) is 3. The van der Waals surface area contributed by atoms with E-state index in [1.54, 1.807) is 0 Å². The lowest BCUT2D eigenvalue weighted by atomic mass is 9.93. The highest BCUT2D eigenvalue weighted by Crippen LogP contribution is 2.33. The molecule has 3 N–H and O–H groups in total. The molecule has 4 heteroatoms. The van der Waals surface area contributed by atoms with Gasteiger partial charge in [0, 0.05) is 25.2 Å². The molecule has 4 nitrogen and oxygen atoms in total. The van der Waals surface area contributed by atoms with Crippen LogP contribution in [0.1, 0.15) is 31.4 Å². The molecular weight excluding hydrogens is 238 g/mol. The van der Waals surface area contributed by atoms with Crippen LogP contribution in [0.3, 0.4) is 0 Å². The number of hydrogen-bond donors (Lipinski definition) is 2. The Bertz CT molecular complexity index is 482. The number of carbonyl (C=O) groups is 1. The summed E-state index contributed by atoms with van der Waals surface area (Å²) in [7, 11) is 1.94. The maximum absolute atomic E-state index is 12.2. The van der Waals surface area contributed by atoms with Crippen LogP contribution in [-0.4, -0.2) is 25.0 Å². The van der Waals surface area contributed by atoms with Gasteiger partial charge in [-0.25, -0.2) is 0 Å². The van der Waals surface area contributed by atoms with E-state index in [0.717, 1.165) is 18.7 Å². The Morgan fingerprint density at radius 3 is 2.74 bits per heavy atom. The van der Waals surface area contributed by atoms with E-state index < -0.39 is 0 Å².